The third-order valence-corrected chi connectivity index (χ3v) is 2.89. The van der Waals surface area contributed by atoms with Crippen LogP contribution < -0.4 is 5.32 Å². The van der Waals surface area contributed by atoms with E-state index in [1.54, 1.807) is 0 Å². The van der Waals surface area contributed by atoms with E-state index in [2.05, 4.69) is 14.9 Å². The molecule has 0 spiro atoms. The molecule has 0 aliphatic carbocycles. The monoisotopic (exact) mass is 296 g/mol. The summed E-state index contributed by atoms with van der Waals surface area (Å²) in [6.45, 7) is 1.23. The van der Waals surface area contributed by atoms with E-state index in [1.807, 2.05) is 0 Å². The quantitative estimate of drug-likeness (QED) is 0.262. The zero-order valence-corrected chi connectivity index (χ0v) is 11.6. The lowest BCUT2D eigenvalue weighted by atomic mass is 10.3. The molecule has 2 atom stereocenters. The van der Waals surface area contributed by atoms with Crippen LogP contribution in [0.3, 0.4) is 0 Å². The van der Waals surface area contributed by atoms with Crippen molar-refractivity contribution in [2.24, 2.45) is 0 Å². The van der Waals surface area contributed by atoms with Crippen molar-refractivity contribution in [2.75, 3.05) is 25.7 Å². The van der Waals surface area contributed by atoms with Gasteiger partial charge in [0.1, 0.15) is 6.04 Å². The van der Waals surface area contributed by atoms with Gasteiger partial charge in [-0.15, -0.1) is 21.9 Å². The van der Waals surface area contributed by atoms with E-state index in [4.69, 9.17) is 4.74 Å². The number of carbonyl (C=O) groups is 2. The highest BCUT2D eigenvalue weighted by Crippen LogP contribution is 2.06. The van der Waals surface area contributed by atoms with Crippen LogP contribution in [0, 0.1) is 10.1 Å². The molecule has 0 aliphatic heterocycles. The molecule has 1 unspecified atom stereocenters. The van der Waals surface area contributed by atoms with Gasteiger partial charge in [-0.1, -0.05) is 0 Å². The van der Waals surface area contributed by atoms with Gasteiger partial charge in [-0.25, -0.2) is 0 Å². The number of ether oxygens (including phenoxy) is 2. The predicted molar refractivity (Wildman–Crippen MR) is 65.8 cm³/mol. The summed E-state index contributed by atoms with van der Waals surface area (Å²) in [4.78, 5) is 36.5. The second kappa shape index (κ2) is 9.39. The van der Waals surface area contributed by atoms with Gasteiger partial charge < -0.3 is 14.8 Å². The molecular weight excluding hydrogens is 280 g/mol. The first kappa shape index (κ1) is 17.4. The number of methoxy groups -OCH3 is 1. The van der Waals surface area contributed by atoms with Crippen molar-refractivity contribution in [2.45, 2.75) is 19.3 Å². The number of nitrogens with zero attached hydrogens (tertiary/aromatic N) is 1. The van der Waals surface area contributed by atoms with Gasteiger partial charge in [0.15, 0.2) is 0 Å². The van der Waals surface area contributed by atoms with Crippen molar-refractivity contribution in [1.82, 2.24) is 5.32 Å². The van der Waals surface area contributed by atoms with Gasteiger partial charge in [0, 0.05) is 5.75 Å². The van der Waals surface area contributed by atoms with E-state index in [-0.39, 0.29) is 11.5 Å². The smallest absolute Gasteiger partial charge is 0.326 e. The number of nitrogens with one attached hydrogen (secondary N) is 1. The molecule has 0 amide bonds. The average Bonchev–Trinajstić information content (AvgIpc) is 2.32. The second-order valence-corrected chi connectivity index (χ2v) is 4.30. The van der Waals surface area contributed by atoms with E-state index in [9.17, 15) is 19.7 Å². The molecule has 0 heterocycles. The van der Waals surface area contributed by atoms with Crippen molar-refractivity contribution in [3.05, 3.63) is 10.1 Å². The van der Waals surface area contributed by atoms with Crippen LogP contribution in [0.15, 0.2) is 0 Å². The van der Waals surface area contributed by atoms with Gasteiger partial charge in [0.05, 0.1) is 12.9 Å². The number of hydrogen-bond acceptors (Lipinski definition) is 9. The summed E-state index contributed by atoms with van der Waals surface area (Å²) in [5.41, 5.74) is 0. The fourth-order valence-corrected chi connectivity index (χ4v) is 1.92. The highest BCUT2D eigenvalue weighted by atomic mass is 32.2. The lowest BCUT2D eigenvalue weighted by Crippen LogP contribution is -2.40. The first-order valence-corrected chi connectivity index (χ1v) is 6.39. The third-order valence-electron chi connectivity index (χ3n) is 1.88. The molecule has 0 aromatic rings. The van der Waals surface area contributed by atoms with E-state index in [0.717, 1.165) is 0 Å². The number of carbonyl (C=O) groups excluding carboxylic acids is 2. The summed E-state index contributed by atoms with van der Waals surface area (Å²) in [6.07, 6.45) is -1.29. The molecule has 0 rings (SSSR count). The van der Waals surface area contributed by atoms with Crippen LogP contribution in [0.25, 0.3) is 0 Å². The Bertz CT molecular complexity index is 326. The maximum Gasteiger partial charge on any atom is 0.326 e. The molecule has 19 heavy (non-hydrogen) atoms. The Hall–Kier alpha value is -1.55. The zero-order valence-electron chi connectivity index (χ0n) is 10.8. The van der Waals surface area contributed by atoms with Gasteiger partial charge in [-0.05, 0) is 14.0 Å². The van der Waals surface area contributed by atoms with Gasteiger partial charge in [0.2, 0.25) is 6.29 Å². The number of esters is 2. The number of rotatable bonds is 9. The van der Waals surface area contributed by atoms with Crippen LogP contribution in [-0.2, 0) is 23.9 Å². The summed E-state index contributed by atoms with van der Waals surface area (Å²) >= 11 is 1.18. The average molecular weight is 296 g/mol. The summed E-state index contributed by atoms with van der Waals surface area (Å²) < 4.78 is 9.15. The lowest BCUT2D eigenvalue weighted by Gasteiger charge is -2.17. The van der Waals surface area contributed by atoms with Crippen molar-refractivity contribution in [1.29, 1.82) is 0 Å². The van der Waals surface area contributed by atoms with Crippen LogP contribution in [0.4, 0.5) is 0 Å². The molecule has 9 nitrogen and oxygen atoms in total. The van der Waals surface area contributed by atoms with E-state index in [1.165, 1.54) is 32.8 Å². The summed E-state index contributed by atoms with van der Waals surface area (Å²) in [6, 6.07) is -0.701. The highest BCUT2D eigenvalue weighted by molar-refractivity contribution is 8.00. The topological polar surface area (TPSA) is 117 Å². The molecular formula is C9H16N2O7S. The van der Waals surface area contributed by atoms with Gasteiger partial charge in [-0.3, -0.25) is 14.4 Å². The maximum atomic E-state index is 11.6. The van der Waals surface area contributed by atoms with E-state index in [0.29, 0.717) is 0 Å². The van der Waals surface area contributed by atoms with Crippen LogP contribution in [-0.4, -0.2) is 55.0 Å². The van der Waals surface area contributed by atoms with Crippen molar-refractivity contribution >= 4 is 23.7 Å². The first-order chi connectivity index (χ1) is 8.90. The maximum absolute atomic E-state index is 11.6. The Morgan fingerprint density at radius 1 is 1.47 bits per heavy atom. The Morgan fingerprint density at radius 2 is 2.11 bits per heavy atom. The fraction of sp³-hybridized carbons (Fsp3) is 0.778. The van der Waals surface area contributed by atoms with E-state index >= 15 is 0 Å². The van der Waals surface area contributed by atoms with Crippen LogP contribution in [0.1, 0.15) is 6.92 Å². The van der Waals surface area contributed by atoms with Gasteiger partial charge in [-0.2, -0.15) is 0 Å². The zero-order chi connectivity index (χ0) is 14.8. The molecule has 1 N–H and O–H groups in total. The molecule has 0 aliphatic rings. The minimum atomic E-state index is -1.29. The Balaban J connectivity index is 4.10. The fourth-order valence-electron chi connectivity index (χ4n) is 0.977. The largest absolute Gasteiger partial charge is 0.468 e. The summed E-state index contributed by atoms with van der Waals surface area (Å²) in [5.74, 6) is -0.745. The number of thioether (sulfide) groups is 1. The molecule has 110 valence electrons. The normalized spacial score (nSPS) is 13.2. The standard InChI is InChI=1S/C9H16N2O7S/c1-6(18-11(14)15)17-9(13)7(10-2)4-19-5-8(12)16-3/h6-7,10H,4-5H2,1-3H3/t6?,7-/m0/s1. The molecule has 0 bridgehead atoms. The minimum Gasteiger partial charge on any atom is -0.468 e. The Labute approximate surface area is 114 Å². The molecule has 0 saturated carbocycles. The molecule has 0 fully saturated rings. The molecule has 0 radical (unpaired) electrons. The summed E-state index contributed by atoms with van der Waals surface area (Å²) in [7, 11) is 2.80. The molecule has 0 aromatic heterocycles. The van der Waals surface area contributed by atoms with E-state index < -0.39 is 29.4 Å². The number of hydrogen-bond donors (Lipinski definition) is 1. The Kier molecular flexibility index (Phi) is 8.62. The van der Waals surface area contributed by atoms with Crippen molar-refractivity contribution in [3.8, 4) is 0 Å². The Morgan fingerprint density at radius 3 is 2.58 bits per heavy atom. The lowest BCUT2D eigenvalue weighted by molar-refractivity contribution is -0.777. The number of likely N-dealkylation sites (N-methyl/N-ethyl adjacent to an activating group) is 1. The van der Waals surface area contributed by atoms with Crippen LogP contribution in [0.2, 0.25) is 0 Å². The summed E-state index contributed by atoms with van der Waals surface area (Å²) in [5, 5.41) is 11.7. The first-order valence-electron chi connectivity index (χ1n) is 5.24. The minimum absolute atomic E-state index is 0.100. The molecule has 0 saturated heterocycles. The van der Waals surface area contributed by atoms with Gasteiger partial charge in [0.25, 0.3) is 5.09 Å². The molecule has 0 aromatic carbocycles. The molecule has 10 heteroatoms. The predicted octanol–water partition coefficient (Wildman–Crippen LogP) is -0.422. The third kappa shape index (κ3) is 8.21. The van der Waals surface area contributed by atoms with Crippen LogP contribution in [0.5, 0.6) is 0 Å². The SMILES string of the molecule is CN[C@@H](CSCC(=O)OC)C(=O)OC(C)O[N+](=O)[O-]. The van der Waals surface area contributed by atoms with Crippen molar-refractivity contribution < 1.29 is 29.0 Å². The second-order valence-electron chi connectivity index (χ2n) is 3.27. The van der Waals surface area contributed by atoms with Crippen molar-refractivity contribution in [3.63, 3.8) is 0 Å². The highest BCUT2D eigenvalue weighted by Gasteiger charge is 2.22. The van der Waals surface area contributed by atoms with Gasteiger partial charge >= 0.3 is 11.9 Å². The van der Waals surface area contributed by atoms with Crippen LogP contribution >= 0.6 is 11.8 Å².